The molecule has 1 saturated carbocycles. The molecule has 4 rings (SSSR count). The Morgan fingerprint density at radius 1 is 1.16 bits per heavy atom. The van der Waals surface area contributed by atoms with Gasteiger partial charge in [0.05, 0.1) is 31.7 Å². The highest BCUT2D eigenvalue weighted by Gasteiger charge is 2.18. The maximum atomic E-state index is 5.67. The third-order valence-corrected chi connectivity index (χ3v) is 6.09. The van der Waals surface area contributed by atoms with E-state index in [0.29, 0.717) is 12.0 Å². The van der Waals surface area contributed by atoms with Gasteiger partial charge in [0.25, 0.3) is 0 Å². The normalized spacial score (nSPS) is 17.3. The van der Waals surface area contributed by atoms with Gasteiger partial charge in [-0.1, -0.05) is 31.9 Å². The standard InChI is InChI=1S/C24H33N5O2/c1-4-20-17(2)25-24(28-23(20)26-18-8-6-5-7-9-18)27-21-11-10-19(16-22(21)30-3)29-12-14-31-15-13-29/h4,10-11,16,18H,1,5-9,12-15H2,2-3H3,(H2,25,26,27,28). The van der Waals surface area contributed by atoms with E-state index in [1.165, 1.54) is 32.1 Å². The lowest BCUT2D eigenvalue weighted by atomic mass is 9.95. The largest absolute Gasteiger partial charge is 0.494 e. The Morgan fingerprint density at radius 3 is 2.65 bits per heavy atom. The van der Waals surface area contributed by atoms with E-state index < -0.39 is 0 Å². The number of aryl methyl sites for hydroxylation is 1. The quantitative estimate of drug-likeness (QED) is 0.665. The summed E-state index contributed by atoms with van der Waals surface area (Å²) in [6.07, 6.45) is 8.05. The number of aromatic nitrogens is 2. The lowest BCUT2D eigenvalue weighted by Crippen LogP contribution is -2.36. The van der Waals surface area contributed by atoms with Crippen molar-refractivity contribution in [3.8, 4) is 5.75 Å². The monoisotopic (exact) mass is 423 g/mol. The summed E-state index contributed by atoms with van der Waals surface area (Å²) >= 11 is 0. The van der Waals surface area contributed by atoms with Crippen molar-refractivity contribution >= 4 is 29.2 Å². The number of hydrogen-bond donors (Lipinski definition) is 2. The Labute approximate surface area is 184 Å². The minimum atomic E-state index is 0.456. The third kappa shape index (κ3) is 5.10. The van der Waals surface area contributed by atoms with Gasteiger partial charge >= 0.3 is 0 Å². The van der Waals surface area contributed by atoms with Crippen LogP contribution in [0.15, 0.2) is 24.8 Å². The molecule has 2 aliphatic rings. The Bertz CT molecular complexity index is 905. The Hall–Kier alpha value is -2.80. The number of anilines is 4. The lowest BCUT2D eigenvalue weighted by Gasteiger charge is -2.29. The van der Waals surface area contributed by atoms with E-state index >= 15 is 0 Å². The minimum absolute atomic E-state index is 0.456. The van der Waals surface area contributed by atoms with Crippen LogP contribution in [-0.2, 0) is 4.74 Å². The fourth-order valence-corrected chi connectivity index (χ4v) is 4.35. The molecule has 1 saturated heterocycles. The van der Waals surface area contributed by atoms with Gasteiger partial charge in [-0.25, -0.2) is 4.98 Å². The van der Waals surface area contributed by atoms with E-state index in [9.17, 15) is 0 Å². The average Bonchev–Trinajstić information content (AvgIpc) is 2.80. The van der Waals surface area contributed by atoms with Crippen molar-refractivity contribution in [2.75, 3.05) is 48.9 Å². The van der Waals surface area contributed by atoms with Crippen molar-refractivity contribution in [3.05, 3.63) is 36.0 Å². The Morgan fingerprint density at radius 2 is 1.94 bits per heavy atom. The van der Waals surface area contributed by atoms with Gasteiger partial charge in [-0.3, -0.25) is 0 Å². The van der Waals surface area contributed by atoms with E-state index in [4.69, 9.17) is 14.5 Å². The van der Waals surface area contributed by atoms with Crippen LogP contribution in [0.2, 0.25) is 0 Å². The zero-order valence-corrected chi connectivity index (χ0v) is 18.6. The van der Waals surface area contributed by atoms with Gasteiger partial charge in [0.15, 0.2) is 0 Å². The summed E-state index contributed by atoms with van der Waals surface area (Å²) in [6, 6.07) is 6.64. The molecule has 1 aliphatic carbocycles. The molecule has 7 heteroatoms. The second-order valence-electron chi connectivity index (χ2n) is 8.19. The van der Waals surface area contributed by atoms with Crippen molar-refractivity contribution in [1.82, 2.24) is 9.97 Å². The first-order chi connectivity index (χ1) is 15.2. The molecule has 1 aliphatic heterocycles. The fourth-order valence-electron chi connectivity index (χ4n) is 4.35. The molecule has 1 aromatic heterocycles. The Balaban J connectivity index is 1.57. The molecular formula is C24H33N5O2. The SMILES string of the molecule is C=Cc1c(C)nc(Nc2ccc(N3CCOCC3)cc2OC)nc1NC1CCCCC1. The molecule has 0 spiro atoms. The average molecular weight is 424 g/mol. The third-order valence-electron chi connectivity index (χ3n) is 6.09. The van der Waals surface area contributed by atoms with E-state index in [1.807, 2.05) is 19.1 Å². The van der Waals surface area contributed by atoms with Gasteiger partial charge in [0.2, 0.25) is 5.95 Å². The zero-order chi connectivity index (χ0) is 21.6. The van der Waals surface area contributed by atoms with Crippen LogP contribution in [0.3, 0.4) is 0 Å². The molecule has 0 bridgehead atoms. The van der Waals surface area contributed by atoms with Crippen molar-refractivity contribution in [3.63, 3.8) is 0 Å². The van der Waals surface area contributed by atoms with Crippen LogP contribution < -0.4 is 20.3 Å². The minimum Gasteiger partial charge on any atom is -0.494 e. The summed E-state index contributed by atoms with van der Waals surface area (Å²) in [6.45, 7) is 9.24. The second-order valence-corrected chi connectivity index (χ2v) is 8.19. The predicted molar refractivity (Wildman–Crippen MR) is 127 cm³/mol. The summed E-state index contributed by atoms with van der Waals surface area (Å²) in [5.74, 6) is 2.17. The van der Waals surface area contributed by atoms with Gasteiger partial charge in [-0.05, 0) is 31.9 Å². The van der Waals surface area contributed by atoms with Gasteiger partial charge in [0, 0.05) is 36.4 Å². The summed E-state index contributed by atoms with van der Waals surface area (Å²) < 4.78 is 11.1. The van der Waals surface area contributed by atoms with Crippen LogP contribution in [0.25, 0.3) is 6.08 Å². The fraction of sp³-hybridized carbons (Fsp3) is 0.500. The molecule has 0 radical (unpaired) electrons. The summed E-state index contributed by atoms with van der Waals surface area (Å²) in [5, 5.41) is 6.99. The topological polar surface area (TPSA) is 71.5 Å². The summed E-state index contributed by atoms with van der Waals surface area (Å²) in [5.41, 5.74) is 3.83. The molecule has 0 amide bonds. The molecule has 2 heterocycles. The highest BCUT2D eigenvalue weighted by Crippen LogP contribution is 2.33. The lowest BCUT2D eigenvalue weighted by molar-refractivity contribution is 0.122. The molecule has 166 valence electrons. The molecule has 1 aromatic carbocycles. The van der Waals surface area contributed by atoms with Gasteiger partial charge in [0.1, 0.15) is 11.6 Å². The zero-order valence-electron chi connectivity index (χ0n) is 18.6. The molecule has 31 heavy (non-hydrogen) atoms. The second kappa shape index (κ2) is 10.0. The van der Waals surface area contributed by atoms with E-state index in [-0.39, 0.29) is 0 Å². The van der Waals surface area contributed by atoms with Crippen LogP contribution in [0.5, 0.6) is 5.75 Å². The molecule has 0 unspecified atom stereocenters. The number of morpholine rings is 1. The van der Waals surface area contributed by atoms with E-state index in [1.54, 1.807) is 7.11 Å². The number of rotatable bonds is 7. The van der Waals surface area contributed by atoms with Crippen molar-refractivity contribution in [1.29, 1.82) is 0 Å². The molecule has 2 fully saturated rings. The molecule has 0 atom stereocenters. The first-order valence-corrected chi connectivity index (χ1v) is 11.2. The number of benzene rings is 1. The number of nitrogens with one attached hydrogen (secondary N) is 2. The van der Waals surface area contributed by atoms with Crippen molar-refractivity contribution < 1.29 is 9.47 Å². The van der Waals surface area contributed by atoms with Crippen LogP contribution in [0, 0.1) is 6.92 Å². The predicted octanol–water partition coefficient (Wildman–Crippen LogP) is 4.76. The van der Waals surface area contributed by atoms with Gasteiger partial charge in [-0.15, -0.1) is 0 Å². The summed E-state index contributed by atoms with van der Waals surface area (Å²) in [7, 11) is 1.69. The maximum absolute atomic E-state index is 5.67. The van der Waals surface area contributed by atoms with E-state index in [2.05, 4.69) is 39.2 Å². The number of hydrogen-bond acceptors (Lipinski definition) is 7. The van der Waals surface area contributed by atoms with Crippen LogP contribution >= 0.6 is 0 Å². The van der Waals surface area contributed by atoms with Gasteiger partial charge < -0.3 is 25.0 Å². The number of ether oxygens (including phenoxy) is 2. The van der Waals surface area contributed by atoms with Crippen molar-refractivity contribution in [2.45, 2.75) is 45.1 Å². The molecule has 7 nitrogen and oxygen atoms in total. The summed E-state index contributed by atoms with van der Waals surface area (Å²) in [4.78, 5) is 11.8. The Kier molecular flexibility index (Phi) is 6.92. The van der Waals surface area contributed by atoms with Crippen LogP contribution in [0.1, 0.15) is 43.4 Å². The smallest absolute Gasteiger partial charge is 0.229 e. The highest BCUT2D eigenvalue weighted by molar-refractivity contribution is 5.71. The van der Waals surface area contributed by atoms with E-state index in [0.717, 1.165) is 60.5 Å². The number of methoxy groups -OCH3 is 1. The number of nitrogens with zero attached hydrogens (tertiary/aromatic N) is 3. The van der Waals surface area contributed by atoms with Gasteiger partial charge in [-0.2, -0.15) is 4.98 Å². The molecule has 2 aromatic rings. The molecule has 2 N–H and O–H groups in total. The van der Waals surface area contributed by atoms with Crippen LogP contribution in [-0.4, -0.2) is 49.4 Å². The first kappa shape index (κ1) is 21.4. The maximum Gasteiger partial charge on any atom is 0.229 e. The first-order valence-electron chi connectivity index (χ1n) is 11.2. The van der Waals surface area contributed by atoms with Crippen molar-refractivity contribution in [2.24, 2.45) is 0 Å². The molecular weight excluding hydrogens is 390 g/mol. The highest BCUT2D eigenvalue weighted by atomic mass is 16.5. The van der Waals surface area contributed by atoms with Crippen LogP contribution in [0.4, 0.5) is 23.1 Å².